The average molecular weight is 327 g/mol. The van der Waals surface area contributed by atoms with Gasteiger partial charge in [-0.15, -0.1) is 0 Å². The Morgan fingerprint density at radius 3 is 2.91 bits per heavy atom. The van der Waals surface area contributed by atoms with Crippen LogP contribution in [-0.4, -0.2) is 60.6 Å². The zero-order valence-corrected chi connectivity index (χ0v) is 11.9. The number of imidazole rings is 1. The van der Waals surface area contributed by atoms with Crippen molar-refractivity contribution in [1.29, 1.82) is 0 Å². The molecule has 0 unspecified atom stereocenters. The number of ether oxygens (including phenoxy) is 1. The Labute approximate surface area is 127 Å². The first-order valence-electron chi connectivity index (χ1n) is 6.75. The van der Waals surface area contributed by atoms with Gasteiger partial charge in [-0.25, -0.2) is 23.7 Å². The van der Waals surface area contributed by atoms with Crippen molar-refractivity contribution in [3.05, 3.63) is 16.8 Å². The maximum Gasteiger partial charge on any atom is 0.330 e. The summed E-state index contributed by atoms with van der Waals surface area (Å²) < 4.78 is 20.3. The number of H-pyrrole nitrogens is 1. The van der Waals surface area contributed by atoms with Crippen molar-refractivity contribution in [2.45, 2.75) is 31.5 Å². The number of hydrogen-bond acceptors (Lipinski definition) is 7. The molecule has 0 saturated carbocycles. The largest absolute Gasteiger partial charge is 0.394 e. The molecule has 0 aromatic carbocycles. The molecule has 3 rings (SSSR count). The van der Waals surface area contributed by atoms with E-state index in [4.69, 9.17) is 9.84 Å². The second-order valence-electron chi connectivity index (χ2n) is 5.08. The van der Waals surface area contributed by atoms with E-state index in [2.05, 4.69) is 20.3 Å². The van der Waals surface area contributed by atoms with Crippen molar-refractivity contribution in [2.75, 3.05) is 11.9 Å². The van der Waals surface area contributed by atoms with Gasteiger partial charge in [0.15, 0.2) is 23.9 Å². The molecular weight excluding hydrogens is 313 g/mol. The van der Waals surface area contributed by atoms with Gasteiger partial charge in [0.25, 0.3) is 0 Å². The lowest BCUT2D eigenvalue weighted by Gasteiger charge is -2.14. The third-order valence-corrected chi connectivity index (χ3v) is 3.53. The average Bonchev–Trinajstić information content (AvgIpc) is 2.97. The minimum Gasteiger partial charge on any atom is -0.394 e. The van der Waals surface area contributed by atoms with Gasteiger partial charge in [-0.3, -0.25) is 4.79 Å². The van der Waals surface area contributed by atoms with Gasteiger partial charge in [-0.1, -0.05) is 0 Å². The lowest BCUT2D eigenvalue weighted by atomic mass is 10.1. The second kappa shape index (κ2) is 5.68. The van der Waals surface area contributed by atoms with Crippen molar-refractivity contribution in [3.63, 3.8) is 0 Å². The summed E-state index contributed by atoms with van der Waals surface area (Å²) in [6.45, 7) is 0.671. The predicted octanol–water partition coefficient (Wildman–Crippen LogP) is -1.33. The number of fused-ring (bicyclic) bond motifs is 1. The SMILES string of the molecule is CC(=O)Nc1ncnc2c1[nH]c(=O)n2[C@@H]1O[C@H](CO)[C@@H](O)[C@H]1F. The van der Waals surface area contributed by atoms with Crippen LogP contribution in [-0.2, 0) is 9.53 Å². The summed E-state index contributed by atoms with van der Waals surface area (Å²) in [5.74, 6) is -0.346. The summed E-state index contributed by atoms with van der Waals surface area (Å²) in [5, 5.41) is 21.2. The lowest BCUT2D eigenvalue weighted by molar-refractivity contribution is -0.114. The van der Waals surface area contributed by atoms with Gasteiger partial charge in [0.05, 0.1) is 6.61 Å². The molecule has 3 heterocycles. The van der Waals surface area contributed by atoms with Crippen LogP contribution in [0.2, 0.25) is 0 Å². The lowest BCUT2D eigenvalue weighted by Crippen LogP contribution is -2.32. The number of anilines is 1. The maximum atomic E-state index is 14.2. The molecule has 10 nitrogen and oxygen atoms in total. The van der Waals surface area contributed by atoms with E-state index in [0.717, 1.165) is 10.9 Å². The number of aromatic nitrogens is 4. The van der Waals surface area contributed by atoms with Crippen molar-refractivity contribution in [1.82, 2.24) is 19.5 Å². The Kier molecular flexibility index (Phi) is 3.83. The number of nitrogens with one attached hydrogen (secondary N) is 2. The smallest absolute Gasteiger partial charge is 0.330 e. The van der Waals surface area contributed by atoms with Gasteiger partial charge in [-0.2, -0.15) is 0 Å². The van der Waals surface area contributed by atoms with Crippen LogP contribution in [0.3, 0.4) is 0 Å². The highest BCUT2D eigenvalue weighted by Crippen LogP contribution is 2.32. The molecule has 23 heavy (non-hydrogen) atoms. The molecule has 1 aliphatic rings. The number of rotatable bonds is 3. The van der Waals surface area contributed by atoms with Crippen LogP contribution in [0.4, 0.5) is 10.2 Å². The monoisotopic (exact) mass is 327 g/mol. The first kappa shape index (κ1) is 15.5. The second-order valence-corrected chi connectivity index (χ2v) is 5.08. The Hall–Kier alpha value is -2.37. The molecule has 0 radical (unpaired) electrons. The molecule has 1 fully saturated rings. The number of aliphatic hydroxyl groups excluding tert-OH is 2. The minimum absolute atomic E-state index is 0.00666. The molecule has 1 aliphatic heterocycles. The van der Waals surface area contributed by atoms with Crippen LogP contribution >= 0.6 is 0 Å². The molecule has 124 valence electrons. The van der Waals surface area contributed by atoms with E-state index in [9.17, 15) is 19.1 Å². The zero-order valence-electron chi connectivity index (χ0n) is 11.9. The summed E-state index contributed by atoms with van der Waals surface area (Å²) in [7, 11) is 0. The van der Waals surface area contributed by atoms with E-state index < -0.39 is 42.8 Å². The van der Waals surface area contributed by atoms with E-state index >= 15 is 0 Å². The van der Waals surface area contributed by atoms with Crippen LogP contribution in [0.25, 0.3) is 11.2 Å². The summed E-state index contributed by atoms with van der Waals surface area (Å²) in [4.78, 5) is 33.5. The molecule has 0 bridgehead atoms. The third kappa shape index (κ3) is 2.48. The van der Waals surface area contributed by atoms with Crippen LogP contribution < -0.4 is 11.0 Å². The standard InChI is InChI=1S/C12H14FN5O5/c1-4(20)16-9-7-10(15-3-14-9)18(12(22)17-7)11-6(13)8(21)5(2-19)23-11/h3,5-6,8,11,19,21H,2H2,1H3,(H,17,22)(H,14,15,16,20)/t5-,6-,8-,11-/m1/s1. The highest BCUT2D eigenvalue weighted by molar-refractivity contribution is 5.95. The van der Waals surface area contributed by atoms with E-state index in [1.165, 1.54) is 6.92 Å². The normalized spacial score (nSPS) is 27.5. The topological polar surface area (TPSA) is 142 Å². The Morgan fingerprint density at radius 2 is 2.30 bits per heavy atom. The van der Waals surface area contributed by atoms with Crippen molar-refractivity contribution in [2.24, 2.45) is 0 Å². The predicted molar refractivity (Wildman–Crippen MR) is 74.4 cm³/mol. The molecule has 2 aromatic rings. The number of alkyl halides is 1. The number of amides is 1. The van der Waals surface area contributed by atoms with E-state index in [1.807, 2.05) is 0 Å². The minimum atomic E-state index is -1.93. The summed E-state index contributed by atoms with van der Waals surface area (Å²) in [5.41, 5.74) is -0.636. The zero-order chi connectivity index (χ0) is 16.7. The van der Waals surface area contributed by atoms with Crippen molar-refractivity contribution in [3.8, 4) is 0 Å². The summed E-state index contributed by atoms with van der Waals surface area (Å²) >= 11 is 0. The van der Waals surface area contributed by atoms with E-state index in [0.29, 0.717) is 0 Å². The number of aromatic amines is 1. The number of carbonyl (C=O) groups is 1. The quantitative estimate of drug-likeness (QED) is 0.547. The van der Waals surface area contributed by atoms with Crippen LogP contribution in [0, 0.1) is 0 Å². The number of hydrogen-bond donors (Lipinski definition) is 4. The summed E-state index contributed by atoms with van der Waals surface area (Å²) in [6, 6.07) is 0. The van der Waals surface area contributed by atoms with Crippen LogP contribution in [0.1, 0.15) is 13.2 Å². The summed E-state index contributed by atoms with van der Waals surface area (Å²) in [6.07, 6.45) is -5.01. The highest BCUT2D eigenvalue weighted by atomic mass is 19.1. The van der Waals surface area contributed by atoms with Gasteiger partial charge in [0.2, 0.25) is 5.91 Å². The molecule has 1 amide bonds. The van der Waals surface area contributed by atoms with Gasteiger partial charge in [0.1, 0.15) is 24.1 Å². The van der Waals surface area contributed by atoms with E-state index in [1.54, 1.807) is 0 Å². The fourth-order valence-corrected chi connectivity index (χ4v) is 2.50. The third-order valence-electron chi connectivity index (χ3n) is 3.53. The fraction of sp³-hybridized carbons (Fsp3) is 0.500. The van der Waals surface area contributed by atoms with Crippen molar-refractivity contribution >= 4 is 22.9 Å². The Morgan fingerprint density at radius 1 is 1.57 bits per heavy atom. The molecule has 2 aromatic heterocycles. The number of halogens is 1. The molecule has 1 saturated heterocycles. The van der Waals surface area contributed by atoms with Gasteiger partial charge >= 0.3 is 5.69 Å². The number of aliphatic hydroxyl groups is 2. The molecule has 11 heteroatoms. The Balaban J connectivity index is 2.10. The molecule has 0 spiro atoms. The molecule has 4 atom stereocenters. The van der Waals surface area contributed by atoms with Crippen LogP contribution in [0.5, 0.6) is 0 Å². The Bertz CT molecular complexity index is 805. The highest BCUT2D eigenvalue weighted by Gasteiger charge is 2.46. The van der Waals surface area contributed by atoms with Crippen LogP contribution in [0.15, 0.2) is 11.1 Å². The first-order valence-corrected chi connectivity index (χ1v) is 6.75. The van der Waals surface area contributed by atoms with Gasteiger partial charge in [-0.05, 0) is 0 Å². The van der Waals surface area contributed by atoms with E-state index in [-0.39, 0.29) is 17.0 Å². The molecule has 0 aliphatic carbocycles. The maximum absolute atomic E-state index is 14.2. The number of carbonyl (C=O) groups excluding carboxylic acids is 1. The fourth-order valence-electron chi connectivity index (χ4n) is 2.50. The van der Waals surface area contributed by atoms with Crippen molar-refractivity contribution < 1.29 is 24.1 Å². The first-order chi connectivity index (χ1) is 10.9. The molecular formula is C12H14FN5O5. The van der Waals surface area contributed by atoms with Gasteiger partial charge < -0.3 is 25.3 Å². The number of nitrogens with zero attached hydrogens (tertiary/aromatic N) is 3. The molecule has 4 N–H and O–H groups in total. The van der Waals surface area contributed by atoms with Gasteiger partial charge in [0, 0.05) is 6.92 Å².